The number of hydrogen-bond acceptors (Lipinski definition) is 5. The van der Waals surface area contributed by atoms with E-state index in [2.05, 4.69) is 10.2 Å². The molecule has 3 rings (SSSR count). The van der Waals surface area contributed by atoms with Crippen molar-refractivity contribution < 1.29 is 19.1 Å². The molecular formula is C22H39N3O4. The molecule has 7 heteroatoms. The largest absolute Gasteiger partial charge is 0.444 e. The van der Waals surface area contributed by atoms with E-state index in [1.165, 1.54) is 19.3 Å². The molecule has 0 spiro atoms. The molecule has 2 aliphatic heterocycles. The molecule has 7 nitrogen and oxygen atoms in total. The number of nitrogens with zero attached hydrogens (tertiary/aromatic N) is 2. The Labute approximate surface area is 175 Å². The summed E-state index contributed by atoms with van der Waals surface area (Å²) in [4.78, 5) is 29.6. The Morgan fingerprint density at radius 3 is 2.41 bits per heavy atom. The van der Waals surface area contributed by atoms with Crippen LogP contribution in [0.1, 0.15) is 65.7 Å². The van der Waals surface area contributed by atoms with Crippen molar-refractivity contribution >= 4 is 12.0 Å². The first kappa shape index (κ1) is 22.3. The van der Waals surface area contributed by atoms with Crippen LogP contribution in [0.3, 0.4) is 0 Å². The molecule has 1 N–H and O–H groups in total. The van der Waals surface area contributed by atoms with E-state index in [9.17, 15) is 9.59 Å². The van der Waals surface area contributed by atoms with Crippen molar-refractivity contribution in [3.05, 3.63) is 0 Å². The summed E-state index contributed by atoms with van der Waals surface area (Å²) in [6.45, 7) is 10.9. The summed E-state index contributed by atoms with van der Waals surface area (Å²) in [5, 5.41) is 3.27. The first-order valence-corrected chi connectivity index (χ1v) is 11.4. The molecule has 0 aromatic carbocycles. The summed E-state index contributed by atoms with van der Waals surface area (Å²) in [5.74, 6) is -0.0712. The van der Waals surface area contributed by atoms with Gasteiger partial charge in [0.05, 0.1) is 19.1 Å². The van der Waals surface area contributed by atoms with Crippen molar-refractivity contribution in [3.8, 4) is 0 Å². The van der Waals surface area contributed by atoms with E-state index in [0.717, 1.165) is 52.0 Å². The van der Waals surface area contributed by atoms with Gasteiger partial charge in [-0.05, 0) is 46.5 Å². The van der Waals surface area contributed by atoms with Gasteiger partial charge in [0.25, 0.3) is 0 Å². The van der Waals surface area contributed by atoms with Crippen LogP contribution >= 0.6 is 0 Å². The zero-order chi connectivity index (χ0) is 20.9. The molecule has 0 radical (unpaired) electrons. The fourth-order valence-electron chi connectivity index (χ4n) is 4.93. The highest BCUT2D eigenvalue weighted by Gasteiger charge is 2.39. The summed E-state index contributed by atoms with van der Waals surface area (Å²) in [5.41, 5.74) is -0.449. The number of carbonyl (C=O) groups excluding carboxylic acids is 2. The minimum atomic E-state index is -0.516. The van der Waals surface area contributed by atoms with Crippen molar-refractivity contribution in [1.82, 2.24) is 15.1 Å². The number of nitrogens with one attached hydrogen (secondary N) is 1. The molecule has 1 aliphatic carbocycles. The molecule has 0 aromatic heterocycles. The van der Waals surface area contributed by atoms with Crippen LogP contribution in [0.15, 0.2) is 0 Å². The topological polar surface area (TPSA) is 71.1 Å². The van der Waals surface area contributed by atoms with Gasteiger partial charge in [-0.2, -0.15) is 0 Å². The number of ether oxygens (including phenoxy) is 2. The van der Waals surface area contributed by atoms with Gasteiger partial charge in [-0.1, -0.05) is 19.3 Å². The molecular weight excluding hydrogens is 370 g/mol. The third-order valence-electron chi connectivity index (χ3n) is 6.50. The van der Waals surface area contributed by atoms with E-state index in [0.29, 0.717) is 19.6 Å². The number of hydrogen-bond donors (Lipinski definition) is 1. The van der Waals surface area contributed by atoms with Crippen LogP contribution in [0.4, 0.5) is 4.79 Å². The number of amides is 2. The second-order valence-corrected chi connectivity index (χ2v) is 9.87. The maximum atomic E-state index is 13.0. The number of morpholine rings is 1. The fourth-order valence-corrected chi connectivity index (χ4v) is 4.93. The minimum absolute atomic E-state index is 0.0667. The van der Waals surface area contributed by atoms with Crippen LogP contribution in [-0.4, -0.2) is 78.9 Å². The zero-order valence-corrected chi connectivity index (χ0v) is 18.5. The Kier molecular flexibility index (Phi) is 7.43. The molecule has 1 atom stereocenters. The molecule has 0 unspecified atom stereocenters. The smallest absolute Gasteiger partial charge is 0.410 e. The Hall–Kier alpha value is -1.34. The van der Waals surface area contributed by atoms with E-state index < -0.39 is 5.60 Å². The SMILES string of the molecule is CC(C)(C)OC(=O)N1CCC[C@H](C(=O)NCC2(N3CCOCC3)CCCCC2)C1. The Balaban J connectivity index is 1.56. The van der Waals surface area contributed by atoms with Gasteiger partial charge in [-0.25, -0.2) is 4.79 Å². The monoisotopic (exact) mass is 409 g/mol. The van der Waals surface area contributed by atoms with Gasteiger partial charge in [0.15, 0.2) is 0 Å². The second kappa shape index (κ2) is 9.65. The van der Waals surface area contributed by atoms with Crippen molar-refractivity contribution in [1.29, 1.82) is 0 Å². The normalized spacial score (nSPS) is 26.0. The van der Waals surface area contributed by atoms with E-state index in [1.54, 1.807) is 4.90 Å². The lowest BCUT2D eigenvalue weighted by molar-refractivity contribution is -0.127. The molecule has 29 heavy (non-hydrogen) atoms. The predicted molar refractivity (Wildman–Crippen MR) is 112 cm³/mol. The van der Waals surface area contributed by atoms with Gasteiger partial charge in [0.1, 0.15) is 5.60 Å². The van der Waals surface area contributed by atoms with E-state index in [4.69, 9.17) is 9.47 Å². The summed E-state index contributed by atoms with van der Waals surface area (Å²) in [6, 6.07) is 0. The van der Waals surface area contributed by atoms with E-state index in [1.807, 2.05) is 20.8 Å². The highest BCUT2D eigenvalue weighted by molar-refractivity contribution is 5.80. The van der Waals surface area contributed by atoms with Crippen LogP contribution in [0.5, 0.6) is 0 Å². The maximum absolute atomic E-state index is 13.0. The minimum Gasteiger partial charge on any atom is -0.444 e. The molecule has 2 saturated heterocycles. The number of piperidine rings is 1. The zero-order valence-electron chi connectivity index (χ0n) is 18.5. The number of rotatable bonds is 4. The quantitative estimate of drug-likeness (QED) is 0.773. The van der Waals surface area contributed by atoms with Gasteiger partial charge in [-0.15, -0.1) is 0 Å². The second-order valence-electron chi connectivity index (χ2n) is 9.87. The van der Waals surface area contributed by atoms with Crippen LogP contribution < -0.4 is 5.32 Å². The summed E-state index contributed by atoms with van der Waals surface area (Å²) in [6.07, 6.45) is 7.37. The van der Waals surface area contributed by atoms with Gasteiger partial charge in [-0.3, -0.25) is 9.69 Å². The highest BCUT2D eigenvalue weighted by atomic mass is 16.6. The maximum Gasteiger partial charge on any atom is 0.410 e. The van der Waals surface area contributed by atoms with Gasteiger partial charge < -0.3 is 19.7 Å². The lowest BCUT2D eigenvalue weighted by Gasteiger charge is -2.48. The molecule has 0 aromatic rings. The number of carbonyl (C=O) groups is 2. The molecule has 166 valence electrons. The molecule has 1 saturated carbocycles. The third kappa shape index (κ3) is 6.07. The Bertz CT molecular complexity index is 563. The first-order valence-electron chi connectivity index (χ1n) is 11.4. The lowest BCUT2D eigenvalue weighted by Crippen LogP contribution is -2.60. The Morgan fingerprint density at radius 2 is 1.76 bits per heavy atom. The van der Waals surface area contributed by atoms with Gasteiger partial charge >= 0.3 is 6.09 Å². The van der Waals surface area contributed by atoms with Gasteiger partial charge in [0, 0.05) is 38.3 Å². The summed E-state index contributed by atoms with van der Waals surface area (Å²) in [7, 11) is 0. The molecule has 2 heterocycles. The van der Waals surface area contributed by atoms with Gasteiger partial charge in [0.2, 0.25) is 5.91 Å². The summed E-state index contributed by atoms with van der Waals surface area (Å²) >= 11 is 0. The first-order chi connectivity index (χ1) is 13.8. The average Bonchev–Trinajstić information content (AvgIpc) is 2.72. The molecule has 3 fully saturated rings. The molecule has 3 aliphatic rings. The lowest BCUT2D eigenvalue weighted by atomic mass is 9.79. The van der Waals surface area contributed by atoms with Crippen molar-refractivity contribution in [3.63, 3.8) is 0 Å². The van der Waals surface area contributed by atoms with Crippen LogP contribution in [-0.2, 0) is 14.3 Å². The van der Waals surface area contributed by atoms with Crippen molar-refractivity contribution in [2.45, 2.75) is 76.9 Å². The highest BCUT2D eigenvalue weighted by Crippen LogP contribution is 2.34. The van der Waals surface area contributed by atoms with Crippen molar-refractivity contribution in [2.24, 2.45) is 5.92 Å². The van der Waals surface area contributed by atoms with Crippen molar-refractivity contribution in [2.75, 3.05) is 45.9 Å². The Morgan fingerprint density at radius 1 is 1.07 bits per heavy atom. The van der Waals surface area contributed by atoms with Crippen LogP contribution in [0.2, 0.25) is 0 Å². The predicted octanol–water partition coefficient (Wildman–Crippen LogP) is 2.78. The number of likely N-dealkylation sites (tertiary alicyclic amines) is 1. The fraction of sp³-hybridized carbons (Fsp3) is 0.909. The van der Waals surface area contributed by atoms with E-state index in [-0.39, 0.29) is 23.5 Å². The molecule has 0 bridgehead atoms. The van der Waals surface area contributed by atoms with Crippen LogP contribution in [0, 0.1) is 5.92 Å². The van der Waals surface area contributed by atoms with E-state index >= 15 is 0 Å². The average molecular weight is 410 g/mol. The summed E-state index contributed by atoms with van der Waals surface area (Å²) < 4.78 is 11.0. The molecule has 2 amide bonds. The van der Waals surface area contributed by atoms with Crippen LogP contribution in [0.25, 0.3) is 0 Å². The standard InChI is InChI=1S/C22H39N3O4/c1-21(2,3)29-20(27)24-11-7-8-18(16-24)19(26)23-17-22(9-5-4-6-10-22)25-12-14-28-15-13-25/h18H,4-17H2,1-3H3,(H,23,26)/t18-/m0/s1. The third-order valence-corrected chi connectivity index (χ3v) is 6.50.